The number of aryl methyl sites for hydroxylation is 1. The minimum atomic E-state index is -0.00491. The highest BCUT2D eigenvalue weighted by Crippen LogP contribution is 2.23. The Hall–Kier alpha value is -2.92. The summed E-state index contributed by atoms with van der Waals surface area (Å²) >= 11 is 1.44. The van der Waals surface area contributed by atoms with Crippen LogP contribution in [0, 0.1) is 0 Å². The number of para-hydroxylation sites is 3. The molecule has 0 fully saturated rings. The topological polar surface area (TPSA) is 50.2 Å². The van der Waals surface area contributed by atoms with E-state index in [1.54, 1.807) is 4.40 Å². The smallest absolute Gasteiger partial charge is 0.274 e. The van der Waals surface area contributed by atoms with E-state index in [0.29, 0.717) is 4.53 Å². The number of imidazole rings is 1. The largest absolute Gasteiger partial charge is 0.360 e. The molecule has 0 aliphatic rings. The van der Waals surface area contributed by atoms with E-state index in [0.717, 1.165) is 38.9 Å². The predicted octanol–water partition coefficient (Wildman–Crippen LogP) is 3.50. The Morgan fingerprint density at radius 1 is 1.20 bits per heavy atom. The number of thiazole rings is 1. The van der Waals surface area contributed by atoms with Gasteiger partial charge in [0.1, 0.15) is 0 Å². The highest BCUT2D eigenvalue weighted by atomic mass is 32.1. The van der Waals surface area contributed by atoms with Crippen LogP contribution < -0.4 is 10.1 Å². The van der Waals surface area contributed by atoms with Crippen LogP contribution in [0.25, 0.3) is 33.0 Å². The second-order valence-corrected chi connectivity index (χ2v) is 7.08. The standard InChI is InChI=1S/C20H15N3OS/c1-2-12-6-5-7-14-13(11-21-18(12)14)10-17-19(24)23-16-9-4-3-8-15(16)22-20(23)25-17/h3-11,21H,2H2,1H3. The lowest BCUT2D eigenvalue weighted by Gasteiger charge is -1.98. The van der Waals surface area contributed by atoms with Gasteiger partial charge in [0, 0.05) is 22.7 Å². The summed E-state index contributed by atoms with van der Waals surface area (Å²) < 4.78 is 2.41. The number of nitrogens with one attached hydrogen (secondary N) is 1. The summed E-state index contributed by atoms with van der Waals surface area (Å²) in [6.07, 6.45) is 4.92. The van der Waals surface area contributed by atoms with Gasteiger partial charge in [-0.1, -0.05) is 48.6 Å². The van der Waals surface area contributed by atoms with Gasteiger partial charge in [0.15, 0.2) is 4.96 Å². The van der Waals surface area contributed by atoms with Crippen molar-refractivity contribution in [2.45, 2.75) is 13.3 Å². The van der Waals surface area contributed by atoms with E-state index in [1.807, 2.05) is 36.5 Å². The Bertz CT molecular complexity index is 1360. The average Bonchev–Trinajstić information content (AvgIpc) is 3.29. The molecule has 5 heteroatoms. The maximum Gasteiger partial charge on any atom is 0.274 e. The first-order valence-corrected chi connectivity index (χ1v) is 9.08. The van der Waals surface area contributed by atoms with Crippen molar-refractivity contribution in [3.63, 3.8) is 0 Å². The van der Waals surface area contributed by atoms with Crippen LogP contribution in [0.15, 0.2) is 53.5 Å². The van der Waals surface area contributed by atoms with E-state index in [-0.39, 0.29) is 5.56 Å². The van der Waals surface area contributed by atoms with Gasteiger partial charge in [0.25, 0.3) is 5.56 Å². The molecule has 2 aromatic carbocycles. The molecular formula is C20H15N3OS. The number of benzene rings is 2. The van der Waals surface area contributed by atoms with E-state index in [2.05, 4.69) is 35.1 Å². The third-order valence-electron chi connectivity index (χ3n) is 4.65. The summed E-state index contributed by atoms with van der Waals surface area (Å²) in [7, 11) is 0. The van der Waals surface area contributed by atoms with Crippen LogP contribution >= 0.6 is 11.3 Å². The normalized spacial score (nSPS) is 12.8. The Morgan fingerprint density at radius 2 is 2.08 bits per heavy atom. The maximum atomic E-state index is 12.9. The molecule has 0 atom stereocenters. The highest BCUT2D eigenvalue weighted by molar-refractivity contribution is 7.15. The van der Waals surface area contributed by atoms with E-state index in [4.69, 9.17) is 0 Å². The molecule has 5 aromatic rings. The van der Waals surface area contributed by atoms with E-state index >= 15 is 0 Å². The highest BCUT2D eigenvalue weighted by Gasteiger charge is 2.11. The lowest BCUT2D eigenvalue weighted by molar-refractivity contribution is 1.15. The van der Waals surface area contributed by atoms with Gasteiger partial charge in [-0.05, 0) is 30.2 Å². The molecule has 0 spiro atoms. The van der Waals surface area contributed by atoms with Crippen molar-refractivity contribution in [3.05, 3.63) is 74.7 Å². The molecule has 0 radical (unpaired) electrons. The van der Waals surface area contributed by atoms with Crippen LogP contribution in [0.1, 0.15) is 18.1 Å². The Balaban J connectivity index is 1.79. The van der Waals surface area contributed by atoms with E-state index in [9.17, 15) is 4.79 Å². The summed E-state index contributed by atoms with van der Waals surface area (Å²) in [6.45, 7) is 2.15. The SMILES string of the molecule is CCc1cccc2c(C=c3sc4nc5ccccc5n4c3=O)c[nH]c12. The quantitative estimate of drug-likeness (QED) is 0.532. The zero-order chi connectivity index (χ0) is 17.0. The molecule has 0 unspecified atom stereocenters. The van der Waals surface area contributed by atoms with Gasteiger partial charge in [-0.15, -0.1) is 0 Å². The number of rotatable bonds is 2. The van der Waals surface area contributed by atoms with E-state index in [1.165, 1.54) is 16.9 Å². The van der Waals surface area contributed by atoms with Gasteiger partial charge < -0.3 is 4.98 Å². The Labute approximate surface area is 147 Å². The fourth-order valence-electron chi connectivity index (χ4n) is 3.41. The van der Waals surface area contributed by atoms with Gasteiger partial charge in [0.05, 0.1) is 15.6 Å². The van der Waals surface area contributed by atoms with Gasteiger partial charge >= 0.3 is 0 Å². The molecule has 1 N–H and O–H groups in total. The van der Waals surface area contributed by atoms with Crippen molar-refractivity contribution in [2.24, 2.45) is 0 Å². The number of aromatic amines is 1. The van der Waals surface area contributed by atoms with Crippen LogP contribution in [-0.2, 0) is 6.42 Å². The monoisotopic (exact) mass is 345 g/mol. The van der Waals surface area contributed by atoms with Crippen molar-refractivity contribution >= 4 is 44.3 Å². The van der Waals surface area contributed by atoms with Crippen molar-refractivity contribution in [1.82, 2.24) is 14.4 Å². The fourth-order valence-corrected chi connectivity index (χ4v) is 4.38. The minimum absolute atomic E-state index is 0.00491. The molecule has 0 amide bonds. The van der Waals surface area contributed by atoms with Crippen LogP contribution in [0.3, 0.4) is 0 Å². The number of fused-ring (bicyclic) bond motifs is 4. The van der Waals surface area contributed by atoms with Crippen LogP contribution in [0.2, 0.25) is 0 Å². The summed E-state index contributed by atoms with van der Waals surface area (Å²) in [5.74, 6) is 0. The van der Waals surface area contributed by atoms with Crippen molar-refractivity contribution in [1.29, 1.82) is 0 Å². The second-order valence-electron chi connectivity index (χ2n) is 6.07. The molecule has 3 heterocycles. The molecule has 25 heavy (non-hydrogen) atoms. The van der Waals surface area contributed by atoms with Crippen molar-refractivity contribution in [3.8, 4) is 0 Å². The first kappa shape index (κ1) is 14.4. The first-order valence-electron chi connectivity index (χ1n) is 8.27. The van der Waals surface area contributed by atoms with Gasteiger partial charge in [-0.25, -0.2) is 9.38 Å². The Morgan fingerprint density at radius 3 is 2.96 bits per heavy atom. The summed E-state index contributed by atoms with van der Waals surface area (Å²) in [4.78, 5) is 21.5. The summed E-state index contributed by atoms with van der Waals surface area (Å²) in [5.41, 5.74) is 5.19. The molecule has 0 bridgehead atoms. The fraction of sp³-hybridized carbons (Fsp3) is 0.100. The molecule has 3 aromatic heterocycles. The van der Waals surface area contributed by atoms with Crippen LogP contribution in [-0.4, -0.2) is 14.4 Å². The molecule has 4 nitrogen and oxygen atoms in total. The Kier molecular flexibility index (Phi) is 3.05. The third kappa shape index (κ3) is 2.06. The number of H-pyrrole nitrogens is 1. The lowest BCUT2D eigenvalue weighted by atomic mass is 10.1. The number of nitrogens with zero attached hydrogens (tertiary/aromatic N) is 2. The van der Waals surface area contributed by atoms with Crippen molar-refractivity contribution in [2.75, 3.05) is 0 Å². The van der Waals surface area contributed by atoms with Gasteiger partial charge in [-0.2, -0.15) is 0 Å². The molecule has 0 aliphatic carbocycles. The lowest BCUT2D eigenvalue weighted by Crippen LogP contribution is -2.22. The summed E-state index contributed by atoms with van der Waals surface area (Å²) in [6, 6.07) is 14.0. The van der Waals surface area contributed by atoms with Crippen molar-refractivity contribution < 1.29 is 0 Å². The molecule has 0 saturated heterocycles. The molecule has 0 saturated carbocycles. The zero-order valence-corrected chi connectivity index (χ0v) is 14.4. The zero-order valence-electron chi connectivity index (χ0n) is 13.6. The van der Waals surface area contributed by atoms with Crippen LogP contribution in [0.4, 0.5) is 0 Å². The average molecular weight is 345 g/mol. The van der Waals surface area contributed by atoms with E-state index < -0.39 is 0 Å². The molecular weight excluding hydrogens is 330 g/mol. The molecule has 5 rings (SSSR count). The number of hydrogen-bond donors (Lipinski definition) is 1. The first-order chi connectivity index (χ1) is 12.3. The third-order valence-corrected chi connectivity index (χ3v) is 5.62. The number of hydrogen-bond acceptors (Lipinski definition) is 3. The van der Waals surface area contributed by atoms with Gasteiger partial charge in [-0.3, -0.25) is 4.79 Å². The maximum absolute atomic E-state index is 12.9. The predicted molar refractivity (Wildman–Crippen MR) is 103 cm³/mol. The van der Waals surface area contributed by atoms with Gasteiger partial charge in [0.2, 0.25) is 0 Å². The van der Waals surface area contributed by atoms with Crippen LogP contribution in [0.5, 0.6) is 0 Å². The summed E-state index contributed by atoms with van der Waals surface area (Å²) in [5, 5.41) is 1.15. The molecule has 0 aliphatic heterocycles. The number of aromatic nitrogens is 3. The second kappa shape index (κ2) is 5.29. The molecule has 122 valence electrons. The minimum Gasteiger partial charge on any atom is -0.360 e.